The predicted octanol–water partition coefficient (Wildman–Crippen LogP) is 1.40. The number of carboxylic acid groups (broad SMARTS) is 1. The summed E-state index contributed by atoms with van der Waals surface area (Å²) in [5, 5.41) is 11.7. The van der Waals surface area contributed by atoms with Crippen LogP contribution in [0, 0.1) is 17.8 Å². The zero-order valence-electron chi connectivity index (χ0n) is 9.61. The zero-order valence-corrected chi connectivity index (χ0v) is 9.61. The second-order valence-corrected chi connectivity index (χ2v) is 5.18. The predicted molar refractivity (Wildman–Crippen MR) is 58.8 cm³/mol. The van der Waals surface area contributed by atoms with Gasteiger partial charge in [-0.1, -0.05) is 6.92 Å². The molecule has 16 heavy (non-hydrogen) atoms. The Bertz CT molecular complexity index is 295. The number of hydrogen-bond acceptors (Lipinski definition) is 2. The summed E-state index contributed by atoms with van der Waals surface area (Å²) in [5.74, 6) is 0.197. The standard InChI is InChI=1S/C12H19NO3/c1-7(8-2-3-8)12(16)13-10(6-11(14)15)9-4-5-9/h7-10H,2-6H2,1H3,(H,13,16)(H,14,15). The van der Waals surface area contributed by atoms with Crippen molar-refractivity contribution in [2.45, 2.75) is 45.1 Å². The van der Waals surface area contributed by atoms with Crippen LogP contribution in [0.5, 0.6) is 0 Å². The van der Waals surface area contributed by atoms with Gasteiger partial charge < -0.3 is 10.4 Å². The first-order valence-corrected chi connectivity index (χ1v) is 6.10. The van der Waals surface area contributed by atoms with Crippen LogP contribution in [0.3, 0.4) is 0 Å². The Balaban J connectivity index is 1.83. The van der Waals surface area contributed by atoms with Gasteiger partial charge in [0.2, 0.25) is 5.91 Å². The lowest BCUT2D eigenvalue weighted by atomic mass is 10.0. The number of aliphatic carboxylic acids is 1. The van der Waals surface area contributed by atoms with E-state index in [1.165, 1.54) is 0 Å². The van der Waals surface area contributed by atoms with E-state index < -0.39 is 5.97 Å². The molecule has 0 radical (unpaired) electrons. The molecule has 2 atom stereocenters. The Labute approximate surface area is 95.4 Å². The van der Waals surface area contributed by atoms with Crippen LogP contribution < -0.4 is 5.32 Å². The molecule has 2 saturated carbocycles. The summed E-state index contributed by atoms with van der Waals surface area (Å²) in [5.41, 5.74) is 0. The third-order valence-corrected chi connectivity index (χ3v) is 3.66. The molecule has 0 saturated heterocycles. The van der Waals surface area contributed by atoms with Crippen molar-refractivity contribution in [3.63, 3.8) is 0 Å². The highest BCUT2D eigenvalue weighted by molar-refractivity contribution is 5.80. The average molecular weight is 225 g/mol. The van der Waals surface area contributed by atoms with E-state index in [0.29, 0.717) is 11.8 Å². The second kappa shape index (κ2) is 4.44. The Kier molecular flexibility index (Phi) is 3.17. The Morgan fingerprint density at radius 2 is 1.81 bits per heavy atom. The fraction of sp³-hybridized carbons (Fsp3) is 0.833. The van der Waals surface area contributed by atoms with Crippen LogP contribution in [0.4, 0.5) is 0 Å². The smallest absolute Gasteiger partial charge is 0.305 e. The fourth-order valence-electron chi connectivity index (χ4n) is 2.15. The molecule has 0 bridgehead atoms. The van der Waals surface area contributed by atoms with Gasteiger partial charge in [-0.15, -0.1) is 0 Å². The lowest BCUT2D eigenvalue weighted by Crippen LogP contribution is -2.41. The molecule has 2 rings (SSSR count). The van der Waals surface area contributed by atoms with Gasteiger partial charge in [0.15, 0.2) is 0 Å². The summed E-state index contributed by atoms with van der Waals surface area (Å²) in [4.78, 5) is 22.5. The molecule has 0 aromatic rings. The van der Waals surface area contributed by atoms with E-state index in [4.69, 9.17) is 5.11 Å². The number of amides is 1. The first-order chi connectivity index (χ1) is 7.58. The van der Waals surface area contributed by atoms with E-state index in [1.807, 2.05) is 6.92 Å². The number of hydrogen-bond donors (Lipinski definition) is 2. The van der Waals surface area contributed by atoms with Crippen LogP contribution in [0.2, 0.25) is 0 Å². The van der Waals surface area contributed by atoms with Crippen molar-refractivity contribution in [2.24, 2.45) is 17.8 Å². The maximum atomic E-state index is 11.8. The van der Waals surface area contributed by atoms with Crippen LogP contribution in [0.15, 0.2) is 0 Å². The van der Waals surface area contributed by atoms with E-state index in [2.05, 4.69) is 5.32 Å². The molecule has 2 N–H and O–H groups in total. The molecule has 0 aromatic carbocycles. The van der Waals surface area contributed by atoms with Crippen LogP contribution in [0.25, 0.3) is 0 Å². The van der Waals surface area contributed by atoms with Crippen molar-refractivity contribution in [3.05, 3.63) is 0 Å². The van der Waals surface area contributed by atoms with E-state index in [1.54, 1.807) is 0 Å². The first kappa shape index (κ1) is 11.4. The van der Waals surface area contributed by atoms with Crippen molar-refractivity contribution in [1.82, 2.24) is 5.32 Å². The molecule has 1 amide bonds. The molecule has 4 nitrogen and oxygen atoms in total. The molecule has 0 aliphatic heterocycles. The van der Waals surface area contributed by atoms with E-state index in [-0.39, 0.29) is 24.3 Å². The average Bonchev–Trinajstić information content (AvgIpc) is 3.02. The summed E-state index contributed by atoms with van der Waals surface area (Å²) in [7, 11) is 0. The van der Waals surface area contributed by atoms with E-state index >= 15 is 0 Å². The molecule has 4 heteroatoms. The topological polar surface area (TPSA) is 66.4 Å². The fourth-order valence-corrected chi connectivity index (χ4v) is 2.15. The van der Waals surface area contributed by atoms with Crippen LogP contribution >= 0.6 is 0 Å². The van der Waals surface area contributed by atoms with Crippen molar-refractivity contribution in [2.75, 3.05) is 0 Å². The molecule has 0 spiro atoms. The Hall–Kier alpha value is -1.06. The minimum Gasteiger partial charge on any atom is -0.481 e. The van der Waals surface area contributed by atoms with Crippen molar-refractivity contribution >= 4 is 11.9 Å². The van der Waals surface area contributed by atoms with Crippen molar-refractivity contribution < 1.29 is 14.7 Å². The van der Waals surface area contributed by atoms with Gasteiger partial charge in [0, 0.05) is 12.0 Å². The van der Waals surface area contributed by atoms with Gasteiger partial charge in [-0.05, 0) is 37.5 Å². The summed E-state index contributed by atoms with van der Waals surface area (Å²) in [6.07, 6.45) is 4.45. The minimum absolute atomic E-state index is 0.0423. The van der Waals surface area contributed by atoms with Crippen molar-refractivity contribution in [3.8, 4) is 0 Å². The van der Waals surface area contributed by atoms with E-state index in [0.717, 1.165) is 25.7 Å². The van der Waals surface area contributed by atoms with Crippen LogP contribution in [0.1, 0.15) is 39.0 Å². The Morgan fingerprint density at radius 1 is 1.25 bits per heavy atom. The molecule has 2 aliphatic rings. The number of nitrogens with one attached hydrogen (secondary N) is 1. The maximum Gasteiger partial charge on any atom is 0.305 e. The van der Waals surface area contributed by atoms with Gasteiger partial charge in [-0.25, -0.2) is 0 Å². The quantitative estimate of drug-likeness (QED) is 0.718. The van der Waals surface area contributed by atoms with Crippen molar-refractivity contribution in [1.29, 1.82) is 0 Å². The molecule has 90 valence electrons. The van der Waals surface area contributed by atoms with Gasteiger partial charge >= 0.3 is 5.97 Å². The van der Waals surface area contributed by atoms with Gasteiger partial charge in [-0.3, -0.25) is 9.59 Å². The molecule has 2 unspecified atom stereocenters. The number of carbonyl (C=O) groups excluding carboxylic acids is 1. The highest BCUT2D eigenvalue weighted by atomic mass is 16.4. The molecule has 0 aromatic heterocycles. The number of carboxylic acids is 1. The van der Waals surface area contributed by atoms with Crippen LogP contribution in [-0.4, -0.2) is 23.0 Å². The summed E-state index contributed by atoms with van der Waals surface area (Å²) >= 11 is 0. The highest BCUT2D eigenvalue weighted by Crippen LogP contribution is 2.38. The van der Waals surface area contributed by atoms with Crippen LogP contribution in [-0.2, 0) is 9.59 Å². The monoisotopic (exact) mass is 225 g/mol. The molecular formula is C12H19NO3. The normalized spacial score (nSPS) is 23.6. The van der Waals surface area contributed by atoms with Gasteiger partial charge in [0.05, 0.1) is 6.42 Å². The van der Waals surface area contributed by atoms with Gasteiger partial charge in [-0.2, -0.15) is 0 Å². The number of rotatable bonds is 6. The van der Waals surface area contributed by atoms with Gasteiger partial charge in [0.1, 0.15) is 0 Å². The summed E-state index contributed by atoms with van der Waals surface area (Å²) in [6.45, 7) is 1.94. The molecule has 2 aliphatic carbocycles. The van der Waals surface area contributed by atoms with Gasteiger partial charge in [0.25, 0.3) is 0 Å². The SMILES string of the molecule is CC(C(=O)NC(CC(=O)O)C1CC1)C1CC1. The molecule has 0 heterocycles. The largest absolute Gasteiger partial charge is 0.481 e. The van der Waals surface area contributed by atoms with E-state index in [9.17, 15) is 9.59 Å². The number of carbonyl (C=O) groups is 2. The minimum atomic E-state index is -0.823. The third kappa shape index (κ3) is 2.97. The zero-order chi connectivity index (χ0) is 11.7. The Morgan fingerprint density at radius 3 is 2.25 bits per heavy atom. The highest BCUT2D eigenvalue weighted by Gasteiger charge is 2.37. The summed E-state index contributed by atoms with van der Waals surface area (Å²) in [6, 6.07) is -0.147. The lowest BCUT2D eigenvalue weighted by Gasteiger charge is -2.19. The molecule has 2 fully saturated rings. The molecular weight excluding hydrogens is 206 g/mol. The summed E-state index contributed by atoms with van der Waals surface area (Å²) < 4.78 is 0. The lowest BCUT2D eigenvalue weighted by molar-refractivity contribution is -0.138. The third-order valence-electron chi connectivity index (χ3n) is 3.66. The first-order valence-electron chi connectivity index (χ1n) is 6.10. The second-order valence-electron chi connectivity index (χ2n) is 5.18. The maximum absolute atomic E-state index is 11.8.